The fourth-order valence-corrected chi connectivity index (χ4v) is 1.84. The van der Waals surface area contributed by atoms with Gasteiger partial charge in [-0.3, -0.25) is 4.79 Å². The zero-order valence-corrected chi connectivity index (χ0v) is 11.8. The SMILES string of the molecule is COC(CN)CC(=O)N(C)Cc1c(F)cccc1Cl. The molecule has 1 aromatic carbocycles. The molecule has 0 bridgehead atoms. The monoisotopic (exact) mass is 288 g/mol. The number of hydrogen-bond acceptors (Lipinski definition) is 3. The van der Waals surface area contributed by atoms with Crippen LogP contribution < -0.4 is 5.73 Å². The second-order valence-electron chi connectivity index (χ2n) is 4.25. The first-order chi connectivity index (χ1) is 8.99. The van der Waals surface area contributed by atoms with Gasteiger partial charge in [-0.15, -0.1) is 0 Å². The Balaban J connectivity index is 2.69. The number of carbonyl (C=O) groups is 1. The molecular weight excluding hydrogens is 271 g/mol. The van der Waals surface area contributed by atoms with E-state index >= 15 is 0 Å². The van der Waals surface area contributed by atoms with E-state index in [1.54, 1.807) is 13.1 Å². The third kappa shape index (κ3) is 4.45. The Bertz CT molecular complexity index is 418. The van der Waals surface area contributed by atoms with Crippen LogP contribution in [0.2, 0.25) is 5.02 Å². The average Bonchev–Trinajstić information content (AvgIpc) is 2.39. The highest BCUT2D eigenvalue weighted by atomic mass is 35.5. The lowest BCUT2D eigenvalue weighted by Crippen LogP contribution is -2.33. The highest BCUT2D eigenvalue weighted by molar-refractivity contribution is 6.31. The molecule has 1 aromatic rings. The Morgan fingerprint density at radius 2 is 2.26 bits per heavy atom. The van der Waals surface area contributed by atoms with E-state index < -0.39 is 5.82 Å². The molecule has 2 N–H and O–H groups in total. The van der Waals surface area contributed by atoms with Crippen molar-refractivity contribution in [2.75, 3.05) is 20.7 Å². The number of hydrogen-bond donors (Lipinski definition) is 1. The van der Waals surface area contributed by atoms with E-state index in [1.807, 2.05) is 0 Å². The van der Waals surface area contributed by atoms with E-state index in [1.165, 1.54) is 24.1 Å². The summed E-state index contributed by atoms with van der Waals surface area (Å²) in [5.41, 5.74) is 5.76. The van der Waals surface area contributed by atoms with Crippen molar-refractivity contribution in [2.45, 2.75) is 19.1 Å². The topological polar surface area (TPSA) is 55.6 Å². The van der Waals surface area contributed by atoms with Gasteiger partial charge in [0.2, 0.25) is 5.91 Å². The van der Waals surface area contributed by atoms with Crippen molar-refractivity contribution in [3.8, 4) is 0 Å². The van der Waals surface area contributed by atoms with Crippen LogP contribution in [0.15, 0.2) is 18.2 Å². The minimum absolute atomic E-state index is 0.116. The van der Waals surface area contributed by atoms with Crippen molar-refractivity contribution in [3.05, 3.63) is 34.6 Å². The quantitative estimate of drug-likeness (QED) is 0.868. The van der Waals surface area contributed by atoms with Gasteiger partial charge in [-0.05, 0) is 12.1 Å². The predicted octanol–water partition coefficient (Wildman–Crippen LogP) is 1.80. The molecule has 0 saturated carbocycles. The summed E-state index contributed by atoms with van der Waals surface area (Å²) in [5, 5.41) is 0.307. The summed E-state index contributed by atoms with van der Waals surface area (Å²) in [6, 6.07) is 4.44. The molecule has 0 radical (unpaired) electrons. The van der Waals surface area contributed by atoms with Crippen molar-refractivity contribution in [1.29, 1.82) is 0 Å². The molecule has 19 heavy (non-hydrogen) atoms. The molecule has 1 amide bonds. The molecule has 0 aliphatic rings. The molecule has 0 aromatic heterocycles. The lowest BCUT2D eigenvalue weighted by atomic mass is 10.1. The van der Waals surface area contributed by atoms with Gasteiger partial charge in [-0.2, -0.15) is 0 Å². The van der Waals surface area contributed by atoms with Crippen molar-refractivity contribution < 1.29 is 13.9 Å². The van der Waals surface area contributed by atoms with Crippen LogP contribution in [0.4, 0.5) is 4.39 Å². The van der Waals surface area contributed by atoms with Crippen LogP contribution in [-0.2, 0) is 16.1 Å². The normalized spacial score (nSPS) is 12.3. The molecular formula is C13H18ClFN2O2. The molecule has 0 heterocycles. The van der Waals surface area contributed by atoms with E-state index in [0.29, 0.717) is 10.6 Å². The summed E-state index contributed by atoms with van der Waals surface area (Å²) >= 11 is 5.92. The number of nitrogens with zero attached hydrogens (tertiary/aromatic N) is 1. The summed E-state index contributed by atoms with van der Waals surface area (Å²) in [4.78, 5) is 13.3. The second kappa shape index (κ2) is 7.43. The molecule has 0 fully saturated rings. The summed E-state index contributed by atoms with van der Waals surface area (Å²) in [5.74, 6) is -0.592. The Kier molecular flexibility index (Phi) is 6.21. The van der Waals surface area contributed by atoms with Crippen LogP contribution in [0.5, 0.6) is 0 Å². The van der Waals surface area contributed by atoms with Crippen molar-refractivity contribution in [3.63, 3.8) is 0 Å². The summed E-state index contributed by atoms with van der Waals surface area (Å²) < 4.78 is 18.6. The first-order valence-electron chi connectivity index (χ1n) is 5.89. The van der Waals surface area contributed by atoms with E-state index in [-0.39, 0.29) is 31.5 Å². The Morgan fingerprint density at radius 1 is 1.58 bits per heavy atom. The lowest BCUT2D eigenvalue weighted by molar-refractivity contribution is -0.132. The molecule has 0 saturated heterocycles. The van der Waals surface area contributed by atoms with E-state index in [9.17, 15) is 9.18 Å². The Labute approximate surface area is 117 Å². The number of rotatable bonds is 6. The molecule has 106 valence electrons. The maximum Gasteiger partial charge on any atom is 0.225 e. The maximum atomic E-state index is 13.6. The van der Waals surface area contributed by atoms with Gasteiger partial charge in [-0.1, -0.05) is 17.7 Å². The molecule has 0 aliphatic heterocycles. The molecule has 4 nitrogen and oxygen atoms in total. The minimum Gasteiger partial charge on any atom is -0.380 e. The highest BCUT2D eigenvalue weighted by Crippen LogP contribution is 2.20. The van der Waals surface area contributed by atoms with Gasteiger partial charge in [0.15, 0.2) is 0 Å². The van der Waals surface area contributed by atoms with Gasteiger partial charge in [0, 0.05) is 37.8 Å². The molecule has 1 rings (SSSR count). The van der Waals surface area contributed by atoms with Crippen molar-refractivity contribution >= 4 is 17.5 Å². The van der Waals surface area contributed by atoms with Crippen LogP contribution in [-0.4, -0.2) is 37.6 Å². The third-order valence-corrected chi connectivity index (χ3v) is 3.24. The zero-order valence-electron chi connectivity index (χ0n) is 11.0. The predicted molar refractivity (Wildman–Crippen MR) is 72.4 cm³/mol. The van der Waals surface area contributed by atoms with Crippen molar-refractivity contribution in [2.24, 2.45) is 5.73 Å². The first kappa shape index (κ1) is 15.9. The number of ether oxygens (including phenoxy) is 1. The van der Waals surface area contributed by atoms with Crippen LogP contribution >= 0.6 is 11.6 Å². The van der Waals surface area contributed by atoms with Gasteiger partial charge in [0.05, 0.1) is 12.5 Å². The van der Waals surface area contributed by atoms with Gasteiger partial charge >= 0.3 is 0 Å². The van der Waals surface area contributed by atoms with Crippen LogP contribution in [0.3, 0.4) is 0 Å². The Hall–Kier alpha value is -1.17. The zero-order chi connectivity index (χ0) is 14.4. The van der Waals surface area contributed by atoms with E-state index in [4.69, 9.17) is 22.1 Å². The largest absolute Gasteiger partial charge is 0.380 e. The fraction of sp³-hybridized carbons (Fsp3) is 0.462. The van der Waals surface area contributed by atoms with Crippen LogP contribution in [0.25, 0.3) is 0 Å². The summed E-state index contributed by atoms with van der Waals surface area (Å²) in [7, 11) is 3.09. The Morgan fingerprint density at radius 3 is 2.79 bits per heavy atom. The molecule has 0 aliphatic carbocycles. The fourth-order valence-electron chi connectivity index (χ4n) is 1.62. The van der Waals surface area contributed by atoms with Gasteiger partial charge in [0.1, 0.15) is 5.82 Å². The smallest absolute Gasteiger partial charge is 0.225 e. The molecule has 1 unspecified atom stereocenters. The van der Waals surface area contributed by atoms with E-state index in [2.05, 4.69) is 0 Å². The lowest BCUT2D eigenvalue weighted by Gasteiger charge is -2.21. The third-order valence-electron chi connectivity index (χ3n) is 2.88. The number of amides is 1. The number of carbonyl (C=O) groups excluding carboxylic acids is 1. The van der Waals surface area contributed by atoms with Crippen LogP contribution in [0.1, 0.15) is 12.0 Å². The van der Waals surface area contributed by atoms with Gasteiger partial charge in [0.25, 0.3) is 0 Å². The van der Waals surface area contributed by atoms with Crippen LogP contribution in [0, 0.1) is 5.82 Å². The number of nitrogens with two attached hydrogens (primary N) is 1. The maximum absolute atomic E-state index is 13.6. The second-order valence-corrected chi connectivity index (χ2v) is 4.65. The molecule has 6 heteroatoms. The first-order valence-corrected chi connectivity index (χ1v) is 6.27. The number of halogens is 2. The van der Waals surface area contributed by atoms with Gasteiger partial charge in [-0.25, -0.2) is 4.39 Å². The summed E-state index contributed by atoms with van der Waals surface area (Å²) in [6.45, 7) is 0.377. The van der Waals surface area contributed by atoms with Gasteiger partial charge < -0.3 is 15.4 Å². The highest BCUT2D eigenvalue weighted by Gasteiger charge is 2.17. The van der Waals surface area contributed by atoms with E-state index in [0.717, 1.165) is 0 Å². The number of methoxy groups -OCH3 is 1. The number of benzene rings is 1. The molecule has 0 spiro atoms. The van der Waals surface area contributed by atoms with Crippen molar-refractivity contribution in [1.82, 2.24) is 4.90 Å². The molecule has 1 atom stereocenters. The standard InChI is InChI=1S/C13H18ClFN2O2/c1-17(13(18)6-9(7-16)19-2)8-10-11(14)4-3-5-12(10)15/h3-5,9H,6-8,16H2,1-2H3. The average molecular weight is 289 g/mol. The minimum atomic E-state index is -0.422. The summed E-state index contributed by atoms with van der Waals surface area (Å²) in [6.07, 6.45) is -0.165.